The normalized spacial score (nSPS) is 10.4. The van der Waals surface area contributed by atoms with Gasteiger partial charge in [-0.3, -0.25) is 0 Å². The van der Waals surface area contributed by atoms with Crippen molar-refractivity contribution in [3.05, 3.63) is 18.5 Å². The van der Waals surface area contributed by atoms with E-state index in [1.807, 2.05) is 6.08 Å². The Kier molecular flexibility index (Phi) is 3.89. The van der Waals surface area contributed by atoms with Crippen molar-refractivity contribution in [1.29, 1.82) is 0 Å². The van der Waals surface area contributed by atoms with E-state index in [2.05, 4.69) is 35.1 Å². The lowest BCUT2D eigenvalue weighted by atomic mass is 10.2. The standard InChI is InChI=1S/C9H15N3S/c1-4-5-6-10-9-11-8(7(2)3)12-13-9/h4,7H,1,5-6H2,2-3H3,(H,10,11,12). The summed E-state index contributed by atoms with van der Waals surface area (Å²) >= 11 is 1.42. The fourth-order valence-electron chi connectivity index (χ4n) is 0.822. The Morgan fingerprint density at radius 2 is 2.38 bits per heavy atom. The first-order valence-corrected chi connectivity index (χ1v) is 5.19. The average molecular weight is 197 g/mol. The highest BCUT2D eigenvalue weighted by atomic mass is 32.1. The van der Waals surface area contributed by atoms with Crippen molar-refractivity contribution < 1.29 is 0 Å². The highest BCUT2D eigenvalue weighted by Gasteiger charge is 2.06. The van der Waals surface area contributed by atoms with Crippen LogP contribution in [0.1, 0.15) is 32.0 Å². The zero-order valence-electron chi connectivity index (χ0n) is 8.08. The lowest BCUT2D eigenvalue weighted by Crippen LogP contribution is -1.99. The smallest absolute Gasteiger partial charge is 0.202 e. The average Bonchev–Trinajstić information content (AvgIpc) is 2.53. The van der Waals surface area contributed by atoms with Crippen molar-refractivity contribution in [3.8, 4) is 0 Å². The molecule has 0 radical (unpaired) electrons. The van der Waals surface area contributed by atoms with E-state index >= 15 is 0 Å². The Morgan fingerprint density at radius 1 is 1.62 bits per heavy atom. The van der Waals surface area contributed by atoms with Gasteiger partial charge in [0.2, 0.25) is 5.13 Å². The molecule has 1 N–H and O–H groups in total. The van der Waals surface area contributed by atoms with Gasteiger partial charge in [0, 0.05) is 24.0 Å². The molecule has 72 valence electrons. The fraction of sp³-hybridized carbons (Fsp3) is 0.556. The van der Waals surface area contributed by atoms with Gasteiger partial charge < -0.3 is 5.32 Å². The SMILES string of the molecule is C=CCCNc1nc(C(C)C)ns1. The number of anilines is 1. The molecule has 0 spiro atoms. The highest BCUT2D eigenvalue weighted by Crippen LogP contribution is 2.16. The third-order valence-corrected chi connectivity index (χ3v) is 2.27. The largest absolute Gasteiger partial charge is 0.360 e. The van der Waals surface area contributed by atoms with Crippen LogP contribution in [-0.2, 0) is 0 Å². The molecule has 0 aromatic carbocycles. The molecule has 0 fully saturated rings. The minimum Gasteiger partial charge on any atom is -0.360 e. The summed E-state index contributed by atoms with van der Waals surface area (Å²) in [4.78, 5) is 4.34. The summed E-state index contributed by atoms with van der Waals surface area (Å²) in [5.74, 6) is 1.33. The molecule has 0 atom stereocenters. The minimum absolute atomic E-state index is 0.409. The van der Waals surface area contributed by atoms with Crippen LogP contribution in [0.5, 0.6) is 0 Å². The first-order chi connectivity index (χ1) is 6.24. The predicted molar refractivity (Wildman–Crippen MR) is 57.3 cm³/mol. The molecule has 13 heavy (non-hydrogen) atoms. The fourth-order valence-corrected chi connectivity index (χ4v) is 1.55. The molecule has 0 aliphatic rings. The monoisotopic (exact) mass is 197 g/mol. The summed E-state index contributed by atoms with van der Waals surface area (Å²) in [5.41, 5.74) is 0. The molecule has 3 nitrogen and oxygen atoms in total. The third-order valence-electron chi connectivity index (χ3n) is 1.58. The third kappa shape index (κ3) is 3.14. The molecular weight excluding hydrogens is 182 g/mol. The number of aromatic nitrogens is 2. The van der Waals surface area contributed by atoms with Crippen LogP contribution >= 0.6 is 11.5 Å². The van der Waals surface area contributed by atoms with Crippen molar-refractivity contribution in [2.75, 3.05) is 11.9 Å². The molecule has 0 amide bonds. The van der Waals surface area contributed by atoms with Crippen LogP contribution in [0.2, 0.25) is 0 Å². The Hall–Kier alpha value is -0.900. The lowest BCUT2D eigenvalue weighted by molar-refractivity contribution is 0.799. The van der Waals surface area contributed by atoms with E-state index in [1.54, 1.807) is 0 Å². The maximum atomic E-state index is 4.34. The van der Waals surface area contributed by atoms with E-state index in [9.17, 15) is 0 Å². The van der Waals surface area contributed by atoms with Gasteiger partial charge in [-0.15, -0.1) is 6.58 Å². The van der Waals surface area contributed by atoms with Crippen molar-refractivity contribution in [1.82, 2.24) is 9.36 Å². The van der Waals surface area contributed by atoms with Gasteiger partial charge in [0.25, 0.3) is 0 Å². The minimum atomic E-state index is 0.409. The van der Waals surface area contributed by atoms with Gasteiger partial charge in [0.1, 0.15) is 5.82 Å². The van der Waals surface area contributed by atoms with Gasteiger partial charge in [0.05, 0.1) is 0 Å². The van der Waals surface area contributed by atoms with Crippen molar-refractivity contribution in [3.63, 3.8) is 0 Å². The second-order valence-corrected chi connectivity index (χ2v) is 3.87. The van der Waals surface area contributed by atoms with Gasteiger partial charge in [-0.1, -0.05) is 19.9 Å². The molecule has 1 heterocycles. The number of rotatable bonds is 5. The van der Waals surface area contributed by atoms with E-state index in [-0.39, 0.29) is 0 Å². The summed E-state index contributed by atoms with van der Waals surface area (Å²) < 4.78 is 4.24. The first-order valence-electron chi connectivity index (χ1n) is 4.42. The number of nitrogens with zero attached hydrogens (tertiary/aromatic N) is 2. The van der Waals surface area contributed by atoms with Gasteiger partial charge in [-0.25, -0.2) is 4.98 Å². The molecule has 0 unspecified atom stereocenters. The van der Waals surface area contributed by atoms with Crippen molar-refractivity contribution >= 4 is 16.7 Å². The van der Waals surface area contributed by atoms with Crippen LogP contribution in [0.25, 0.3) is 0 Å². The molecular formula is C9H15N3S. The van der Waals surface area contributed by atoms with Crippen LogP contribution < -0.4 is 5.32 Å². The summed E-state index contributed by atoms with van der Waals surface area (Å²) in [5, 5.41) is 4.10. The molecule has 4 heteroatoms. The van der Waals surface area contributed by atoms with Gasteiger partial charge >= 0.3 is 0 Å². The Bertz CT molecular complexity index is 268. The second kappa shape index (κ2) is 4.97. The van der Waals surface area contributed by atoms with Crippen LogP contribution in [0.3, 0.4) is 0 Å². The maximum Gasteiger partial charge on any atom is 0.202 e. The Labute approximate surface area is 83.1 Å². The highest BCUT2D eigenvalue weighted by molar-refractivity contribution is 7.09. The van der Waals surface area contributed by atoms with E-state index in [0.29, 0.717) is 5.92 Å². The molecule has 1 aromatic heterocycles. The molecule has 0 saturated carbocycles. The Balaban J connectivity index is 2.44. The van der Waals surface area contributed by atoms with Crippen LogP contribution in [-0.4, -0.2) is 15.9 Å². The lowest BCUT2D eigenvalue weighted by Gasteiger charge is -1.97. The number of hydrogen-bond acceptors (Lipinski definition) is 4. The van der Waals surface area contributed by atoms with Gasteiger partial charge in [0.15, 0.2) is 0 Å². The van der Waals surface area contributed by atoms with Crippen molar-refractivity contribution in [2.24, 2.45) is 0 Å². The van der Waals surface area contributed by atoms with Crippen LogP contribution in [0, 0.1) is 0 Å². The zero-order chi connectivity index (χ0) is 9.68. The molecule has 0 bridgehead atoms. The second-order valence-electron chi connectivity index (χ2n) is 3.12. The summed E-state index contributed by atoms with van der Waals surface area (Å²) in [6.07, 6.45) is 2.84. The van der Waals surface area contributed by atoms with E-state index in [0.717, 1.165) is 23.9 Å². The number of nitrogens with one attached hydrogen (secondary N) is 1. The summed E-state index contributed by atoms with van der Waals surface area (Å²) in [7, 11) is 0. The molecule has 0 aliphatic heterocycles. The van der Waals surface area contributed by atoms with Crippen LogP contribution in [0.15, 0.2) is 12.7 Å². The molecule has 0 aliphatic carbocycles. The molecule has 1 aromatic rings. The van der Waals surface area contributed by atoms with Gasteiger partial charge in [-0.05, 0) is 6.42 Å². The predicted octanol–water partition coefficient (Wildman–Crippen LogP) is 2.65. The van der Waals surface area contributed by atoms with E-state index in [4.69, 9.17) is 0 Å². The zero-order valence-corrected chi connectivity index (χ0v) is 8.90. The van der Waals surface area contributed by atoms with Gasteiger partial charge in [-0.2, -0.15) is 4.37 Å². The summed E-state index contributed by atoms with van der Waals surface area (Å²) in [6, 6.07) is 0. The topological polar surface area (TPSA) is 37.8 Å². The van der Waals surface area contributed by atoms with E-state index in [1.165, 1.54) is 11.5 Å². The summed E-state index contributed by atoms with van der Waals surface area (Å²) in [6.45, 7) is 8.72. The number of hydrogen-bond donors (Lipinski definition) is 1. The van der Waals surface area contributed by atoms with Crippen LogP contribution in [0.4, 0.5) is 5.13 Å². The quantitative estimate of drug-likeness (QED) is 0.582. The molecule has 1 rings (SSSR count). The molecule has 0 saturated heterocycles. The Morgan fingerprint density at radius 3 is 2.92 bits per heavy atom. The van der Waals surface area contributed by atoms with E-state index < -0.39 is 0 Å². The maximum absolute atomic E-state index is 4.34. The van der Waals surface area contributed by atoms with Crippen molar-refractivity contribution in [2.45, 2.75) is 26.2 Å². The first kappa shape index (κ1) is 10.2.